The average molecular weight is 264 g/mol. The Morgan fingerprint density at radius 2 is 1.68 bits per heavy atom. The molecule has 0 aliphatic heterocycles. The van der Waals surface area contributed by atoms with Crippen molar-refractivity contribution in [2.75, 3.05) is 0 Å². The van der Waals surface area contributed by atoms with Crippen molar-refractivity contribution in [2.45, 2.75) is 74.1 Å². The van der Waals surface area contributed by atoms with E-state index in [0.717, 1.165) is 18.3 Å². The molecule has 0 aliphatic rings. The van der Waals surface area contributed by atoms with Crippen molar-refractivity contribution in [2.24, 2.45) is 23.2 Å². The van der Waals surface area contributed by atoms with Gasteiger partial charge in [0.15, 0.2) is 0 Å². The van der Waals surface area contributed by atoms with Crippen molar-refractivity contribution < 1.29 is 0 Å². The summed E-state index contributed by atoms with van der Waals surface area (Å²) in [4.78, 5) is 0. The fraction of sp³-hybridized carbons (Fsp3) is 0.789. The van der Waals surface area contributed by atoms with Crippen molar-refractivity contribution >= 4 is 0 Å². The van der Waals surface area contributed by atoms with E-state index < -0.39 is 0 Å². The summed E-state index contributed by atoms with van der Waals surface area (Å²) in [5.41, 5.74) is 1.98. The molecule has 0 nitrogen and oxygen atoms in total. The van der Waals surface area contributed by atoms with E-state index in [9.17, 15) is 0 Å². The number of hydrogen-bond donors (Lipinski definition) is 0. The van der Waals surface area contributed by atoms with Crippen LogP contribution in [0, 0.1) is 23.2 Å². The van der Waals surface area contributed by atoms with Gasteiger partial charge in [-0.25, -0.2) is 0 Å². The molecule has 0 saturated carbocycles. The first-order valence-corrected chi connectivity index (χ1v) is 7.97. The summed E-state index contributed by atoms with van der Waals surface area (Å²) < 4.78 is 0. The van der Waals surface area contributed by atoms with E-state index in [4.69, 9.17) is 0 Å². The van der Waals surface area contributed by atoms with Crippen LogP contribution in [0.5, 0.6) is 0 Å². The summed E-state index contributed by atoms with van der Waals surface area (Å²) in [5, 5.41) is 0. The van der Waals surface area contributed by atoms with Crippen LogP contribution in [-0.4, -0.2) is 0 Å². The predicted molar refractivity (Wildman–Crippen MR) is 89.4 cm³/mol. The molecule has 112 valence electrons. The molecule has 0 rings (SSSR count). The summed E-state index contributed by atoms with van der Waals surface area (Å²) >= 11 is 0. The zero-order chi connectivity index (χ0) is 15.1. The molecular weight excluding hydrogens is 228 g/mol. The minimum Gasteiger partial charge on any atom is -0.103 e. The molecule has 0 aromatic rings. The molecule has 0 aromatic heterocycles. The molecule has 2 atom stereocenters. The van der Waals surface area contributed by atoms with Crippen LogP contribution < -0.4 is 0 Å². The van der Waals surface area contributed by atoms with E-state index >= 15 is 0 Å². The SMILES string of the molecule is C=CCC(C)C(C)CC(C)(C)CC/C=C(\C)C(C)C. The summed E-state index contributed by atoms with van der Waals surface area (Å²) in [6.45, 7) is 20.2. The summed E-state index contributed by atoms with van der Waals surface area (Å²) in [7, 11) is 0. The highest BCUT2D eigenvalue weighted by molar-refractivity contribution is 5.01. The molecule has 0 heterocycles. The van der Waals surface area contributed by atoms with Crippen LogP contribution in [-0.2, 0) is 0 Å². The molecule has 0 N–H and O–H groups in total. The standard InChI is InChI=1S/C19H36/c1-9-11-17(5)18(6)14-19(7,8)13-10-12-16(4)15(2)3/h9,12,15,17-18H,1,10-11,13-14H2,2-8H3/b16-12+. The topological polar surface area (TPSA) is 0 Å². The maximum Gasteiger partial charge on any atom is -0.0263 e. The molecule has 0 spiro atoms. The van der Waals surface area contributed by atoms with Crippen LogP contribution in [0.4, 0.5) is 0 Å². The molecule has 0 aliphatic carbocycles. The largest absolute Gasteiger partial charge is 0.103 e. The summed E-state index contributed by atoms with van der Waals surface area (Å²) in [6.07, 6.45) is 9.47. The Balaban J connectivity index is 4.24. The third-order valence-electron chi connectivity index (χ3n) is 4.58. The lowest BCUT2D eigenvalue weighted by molar-refractivity contribution is 0.217. The Bertz CT molecular complexity index is 280. The van der Waals surface area contributed by atoms with E-state index in [1.807, 2.05) is 0 Å². The summed E-state index contributed by atoms with van der Waals surface area (Å²) in [6, 6.07) is 0. The highest BCUT2D eigenvalue weighted by Crippen LogP contribution is 2.34. The quantitative estimate of drug-likeness (QED) is 0.410. The van der Waals surface area contributed by atoms with E-state index in [-0.39, 0.29) is 0 Å². The Hall–Kier alpha value is -0.520. The second kappa shape index (κ2) is 8.61. The molecule has 19 heavy (non-hydrogen) atoms. The lowest BCUT2D eigenvalue weighted by Crippen LogP contribution is -2.19. The average Bonchev–Trinajstić information content (AvgIpc) is 2.27. The van der Waals surface area contributed by atoms with Crippen LogP contribution >= 0.6 is 0 Å². The smallest absolute Gasteiger partial charge is 0.0263 e. The Morgan fingerprint density at radius 3 is 2.16 bits per heavy atom. The third kappa shape index (κ3) is 8.29. The molecular formula is C19H36. The normalized spacial score (nSPS) is 16.5. The van der Waals surface area contributed by atoms with Gasteiger partial charge in [0.25, 0.3) is 0 Å². The van der Waals surface area contributed by atoms with Gasteiger partial charge in [-0.2, -0.15) is 0 Å². The predicted octanol–water partition coefficient (Wildman–Crippen LogP) is 6.63. The molecule has 0 radical (unpaired) electrons. The second-order valence-electron chi connectivity index (χ2n) is 7.49. The number of rotatable bonds is 9. The first kappa shape index (κ1) is 18.5. The molecule has 0 amide bonds. The number of allylic oxidation sites excluding steroid dienone is 3. The van der Waals surface area contributed by atoms with Crippen molar-refractivity contribution in [3.8, 4) is 0 Å². The van der Waals surface area contributed by atoms with Gasteiger partial charge >= 0.3 is 0 Å². The minimum absolute atomic E-state index is 0.447. The van der Waals surface area contributed by atoms with Crippen LogP contribution in [0.3, 0.4) is 0 Å². The lowest BCUT2D eigenvalue weighted by Gasteiger charge is -2.30. The fourth-order valence-corrected chi connectivity index (χ4v) is 2.60. The molecule has 2 unspecified atom stereocenters. The van der Waals surface area contributed by atoms with Gasteiger partial charge < -0.3 is 0 Å². The minimum atomic E-state index is 0.447. The zero-order valence-electron chi connectivity index (χ0n) is 14.4. The highest BCUT2D eigenvalue weighted by Gasteiger charge is 2.23. The van der Waals surface area contributed by atoms with Crippen LogP contribution in [0.15, 0.2) is 24.3 Å². The van der Waals surface area contributed by atoms with Crippen molar-refractivity contribution in [1.29, 1.82) is 0 Å². The monoisotopic (exact) mass is 264 g/mol. The van der Waals surface area contributed by atoms with E-state index in [0.29, 0.717) is 11.3 Å². The Morgan fingerprint density at radius 1 is 1.11 bits per heavy atom. The molecule has 0 heteroatoms. The van der Waals surface area contributed by atoms with Gasteiger partial charge in [-0.3, -0.25) is 0 Å². The maximum atomic E-state index is 3.86. The first-order chi connectivity index (χ1) is 8.69. The van der Waals surface area contributed by atoms with Crippen molar-refractivity contribution in [3.63, 3.8) is 0 Å². The molecule has 0 aromatic carbocycles. The Labute approximate surface area is 122 Å². The Kier molecular flexibility index (Phi) is 8.38. The van der Waals surface area contributed by atoms with Gasteiger partial charge in [0, 0.05) is 0 Å². The van der Waals surface area contributed by atoms with Gasteiger partial charge in [-0.1, -0.05) is 59.3 Å². The van der Waals surface area contributed by atoms with Gasteiger partial charge in [-0.05, 0) is 55.8 Å². The van der Waals surface area contributed by atoms with Gasteiger partial charge in [0.2, 0.25) is 0 Å². The van der Waals surface area contributed by atoms with Crippen molar-refractivity contribution in [3.05, 3.63) is 24.3 Å². The highest BCUT2D eigenvalue weighted by atomic mass is 14.3. The van der Waals surface area contributed by atoms with E-state index in [1.54, 1.807) is 0 Å². The summed E-state index contributed by atoms with van der Waals surface area (Å²) in [5.74, 6) is 2.22. The van der Waals surface area contributed by atoms with Crippen molar-refractivity contribution in [1.82, 2.24) is 0 Å². The van der Waals surface area contributed by atoms with Gasteiger partial charge in [0.05, 0.1) is 0 Å². The number of hydrogen-bond acceptors (Lipinski definition) is 0. The maximum absolute atomic E-state index is 3.86. The van der Waals surface area contributed by atoms with Crippen LogP contribution in [0.25, 0.3) is 0 Å². The van der Waals surface area contributed by atoms with Gasteiger partial charge in [-0.15, -0.1) is 6.58 Å². The van der Waals surface area contributed by atoms with E-state index in [1.165, 1.54) is 24.8 Å². The van der Waals surface area contributed by atoms with Crippen LogP contribution in [0.2, 0.25) is 0 Å². The zero-order valence-corrected chi connectivity index (χ0v) is 14.4. The van der Waals surface area contributed by atoms with Crippen LogP contribution in [0.1, 0.15) is 74.1 Å². The lowest BCUT2D eigenvalue weighted by atomic mass is 9.75. The molecule has 0 fully saturated rings. The van der Waals surface area contributed by atoms with E-state index in [2.05, 4.69) is 67.2 Å². The fourth-order valence-electron chi connectivity index (χ4n) is 2.60. The molecule has 0 bridgehead atoms. The third-order valence-corrected chi connectivity index (χ3v) is 4.58. The second-order valence-corrected chi connectivity index (χ2v) is 7.49. The first-order valence-electron chi connectivity index (χ1n) is 7.97. The van der Waals surface area contributed by atoms with Gasteiger partial charge in [0.1, 0.15) is 0 Å². The molecule has 0 saturated heterocycles.